The van der Waals surface area contributed by atoms with E-state index in [-0.39, 0.29) is 0 Å². The molecule has 0 saturated carbocycles. The zero-order valence-corrected chi connectivity index (χ0v) is 12.2. The lowest BCUT2D eigenvalue weighted by molar-refractivity contribution is 0.130. The fourth-order valence-corrected chi connectivity index (χ4v) is 3.51. The smallest absolute Gasteiger partial charge is 0.0931 e. The van der Waals surface area contributed by atoms with Crippen LogP contribution < -0.4 is 5.32 Å². The summed E-state index contributed by atoms with van der Waals surface area (Å²) in [5.74, 6) is 0. The first kappa shape index (κ1) is 13.3. The molecule has 1 N–H and O–H groups in total. The molecule has 17 heavy (non-hydrogen) atoms. The van der Waals surface area contributed by atoms with Crippen LogP contribution in [0.5, 0.6) is 0 Å². The van der Waals surface area contributed by atoms with E-state index >= 15 is 0 Å². The number of halogens is 1. The average molecular weight is 273 g/mol. The number of nitrogens with zero attached hydrogens (tertiary/aromatic N) is 1. The molecule has 1 aromatic rings. The summed E-state index contributed by atoms with van der Waals surface area (Å²) in [6.45, 7) is 7.85. The highest BCUT2D eigenvalue weighted by Gasteiger charge is 2.24. The first-order valence-electron chi connectivity index (χ1n) is 6.40. The minimum absolute atomic E-state index is 0.615. The van der Waals surface area contributed by atoms with Gasteiger partial charge in [0.05, 0.1) is 4.34 Å². The Labute approximate surface area is 113 Å². The summed E-state index contributed by atoms with van der Waals surface area (Å²) in [6, 6.07) is 5.42. The van der Waals surface area contributed by atoms with Gasteiger partial charge in [0.1, 0.15) is 0 Å². The molecule has 1 aliphatic rings. The van der Waals surface area contributed by atoms with Crippen LogP contribution in [0, 0.1) is 0 Å². The minimum atomic E-state index is 0.615. The number of piperazine rings is 1. The van der Waals surface area contributed by atoms with Crippen molar-refractivity contribution >= 4 is 22.9 Å². The van der Waals surface area contributed by atoms with Crippen molar-refractivity contribution < 1.29 is 0 Å². The second-order valence-corrected chi connectivity index (χ2v) is 6.68. The third-order valence-electron chi connectivity index (χ3n) is 3.41. The van der Waals surface area contributed by atoms with Crippen molar-refractivity contribution in [1.29, 1.82) is 0 Å². The highest BCUT2D eigenvalue weighted by atomic mass is 35.5. The van der Waals surface area contributed by atoms with Gasteiger partial charge in [-0.1, -0.05) is 24.9 Å². The van der Waals surface area contributed by atoms with Gasteiger partial charge in [0.25, 0.3) is 0 Å². The molecular formula is C13H21ClN2S. The number of hydrogen-bond donors (Lipinski definition) is 1. The van der Waals surface area contributed by atoms with Crippen molar-refractivity contribution in [3.8, 4) is 0 Å². The summed E-state index contributed by atoms with van der Waals surface area (Å²) >= 11 is 7.68. The predicted octanol–water partition coefficient (Wildman–Crippen LogP) is 3.36. The van der Waals surface area contributed by atoms with Gasteiger partial charge in [0.2, 0.25) is 0 Å². The van der Waals surface area contributed by atoms with E-state index in [4.69, 9.17) is 11.6 Å². The van der Waals surface area contributed by atoms with E-state index in [0.717, 1.165) is 24.0 Å². The lowest BCUT2D eigenvalue weighted by atomic mass is 10.1. The molecular weight excluding hydrogens is 252 g/mol. The fraction of sp³-hybridized carbons (Fsp3) is 0.692. The van der Waals surface area contributed by atoms with Crippen molar-refractivity contribution in [3.05, 3.63) is 21.3 Å². The van der Waals surface area contributed by atoms with Crippen LogP contribution in [0.15, 0.2) is 12.1 Å². The second kappa shape index (κ2) is 6.19. The van der Waals surface area contributed by atoms with Crippen LogP contribution >= 0.6 is 22.9 Å². The molecule has 2 rings (SSSR count). The van der Waals surface area contributed by atoms with Gasteiger partial charge in [-0.15, -0.1) is 11.3 Å². The molecule has 1 aromatic heterocycles. The fourth-order valence-electron chi connectivity index (χ4n) is 2.39. The van der Waals surface area contributed by atoms with Crippen LogP contribution in [0.2, 0.25) is 4.34 Å². The minimum Gasteiger partial charge on any atom is -0.311 e. The Morgan fingerprint density at radius 3 is 3.00 bits per heavy atom. The summed E-state index contributed by atoms with van der Waals surface area (Å²) in [5, 5.41) is 3.63. The van der Waals surface area contributed by atoms with Gasteiger partial charge in [-0.05, 0) is 25.5 Å². The Morgan fingerprint density at radius 1 is 1.53 bits per heavy atom. The van der Waals surface area contributed by atoms with Crippen LogP contribution in [0.4, 0.5) is 0 Å². The zero-order valence-electron chi connectivity index (χ0n) is 10.6. The lowest BCUT2D eigenvalue weighted by Gasteiger charge is -2.38. The van der Waals surface area contributed by atoms with Gasteiger partial charge in [-0.3, -0.25) is 4.90 Å². The molecule has 96 valence electrons. The van der Waals surface area contributed by atoms with E-state index in [9.17, 15) is 0 Å². The second-order valence-electron chi connectivity index (χ2n) is 4.88. The van der Waals surface area contributed by atoms with E-state index in [2.05, 4.69) is 30.1 Å². The van der Waals surface area contributed by atoms with E-state index < -0.39 is 0 Å². The monoisotopic (exact) mass is 272 g/mol. The van der Waals surface area contributed by atoms with Crippen LogP contribution in [-0.2, 0) is 6.54 Å². The summed E-state index contributed by atoms with van der Waals surface area (Å²) in [4.78, 5) is 3.94. The third-order valence-corrected chi connectivity index (χ3v) is 4.62. The van der Waals surface area contributed by atoms with Crippen LogP contribution in [0.25, 0.3) is 0 Å². The Bertz CT molecular complexity index is 353. The highest BCUT2D eigenvalue weighted by Crippen LogP contribution is 2.24. The molecule has 1 aliphatic heterocycles. The molecule has 2 unspecified atom stereocenters. The van der Waals surface area contributed by atoms with E-state index in [0.29, 0.717) is 12.1 Å². The standard InChI is InChI=1S/C13H21ClN2S/c1-3-4-11-8-16(10(2)7-15-11)9-12-5-6-13(14)17-12/h5-6,10-11,15H,3-4,7-9H2,1-2H3. The maximum atomic E-state index is 5.98. The number of nitrogens with one attached hydrogen (secondary N) is 1. The summed E-state index contributed by atoms with van der Waals surface area (Å²) in [6.07, 6.45) is 2.53. The summed E-state index contributed by atoms with van der Waals surface area (Å²) < 4.78 is 0.896. The first-order chi connectivity index (χ1) is 8.19. The van der Waals surface area contributed by atoms with E-state index in [1.165, 1.54) is 17.7 Å². The lowest BCUT2D eigenvalue weighted by Crippen LogP contribution is -2.54. The molecule has 1 fully saturated rings. The Kier molecular flexibility index (Phi) is 4.86. The number of hydrogen-bond acceptors (Lipinski definition) is 3. The Morgan fingerprint density at radius 2 is 2.35 bits per heavy atom. The molecule has 2 heterocycles. The van der Waals surface area contributed by atoms with Gasteiger partial charge in [-0.25, -0.2) is 0 Å². The third kappa shape index (κ3) is 3.68. The molecule has 1 saturated heterocycles. The van der Waals surface area contributed by atoms with Crippen LogP contribution in [0.3, 0.4) is 0 Å². The van der Waals surface area contributed by atoms with Crippen LogP contribution in [-0.4, -0.2) is 30.1 Å². The summed E-state index contributed by atoms with van der Waals surface area (Å²) in [5.41, 5.74) is 0. The molecule has 0 bridgehead atoms. The SMILES string of the molecule is CCCC1CN(Cc2ccc(Cl)s2)C(C)CN1. The molecule has 2 atom stereocenters. The highest BCUT2D eigenvalue weighted by molar-refractivity contribution is 7.16. The normalized spacial score (nSPS) is 26.3. The van der Waals surface area contributed by atoms with Crippen molar-refractivity contribution in [2.75, 3.05) is 13.1 Å². The topological polar surface area (TPSA) is 15.3 Å². The van der Waals surface area contributed by atoms with Crippen LogP contribution in [0.1, 0.15) is 31.6 Å². The van der Waals surface area contributed by atoms with E-state index in [1.54, 1.807) is 11.3 Å². The first-order valence-corrected chi connectivity index (χ1v) is 7.60. The van der Waals surface area contributed by atoms with Gasteiger partial charge in [0.15, 0.2) is 0 Å². The number of rotatable bonds is 4. The Hall–Kier alpha value is -0.0900. The van der Waals surface area contributed by atoms with Gasteiger partial charge in [0, 0.05) is 36.6 Å². The van der Waals surface area contributed by atoms with Crippen molar-refractivity contribution in [1.82, 2.24) is 10.2 Å². The molecule has 0 aromatic carbocycles. The van der Waals surface area contributed by atoms with Crippen molar-refractivity contribution in [3.63, 3.8) is 0 Å². The average Bonchev–Trinajstić information content (AvgIpc) is 2.69. The molecule has 0 radical (unpaired) electrons. The molecule has 4 heteroatoms. The maximum absolute atomic E-state index is 5.98. The molecule has 2 nitrogen and oxygen atoms in total. The quantitative estimate of drug-likeness (QED) is 0.904. The zero-order chi connectivity index (χ0) is 12.3. The van der Waals surface area contributed by atoms with Crippen molar-refractivity contribution in [2.24, 2.45) is 0 Å². The summed E-state index contributed by atoms with van der Waals surface area (Å²) in [7, 11) is 0. The molecule has 0 spiro atoms. The maximum Gasteiger partial charge on any atom is 0.0931 e. The van der Waals surface area contributed by atoms with Gasteiger partial charge >= 0.3 is 0 Å². The van der Waals surface area contributed by atoms with Crippen molar-refractivity contribution in [2.45, 2.75) is 45.3 Å². The molecule has 0 amide bonds. The predicted molar refractivity (Wildman–Crippen MR) is 75.9 cm³/mol. The van der Waals surface area contributed by atoms with E-state index in [1.807, 2.05) is 6.07 Å². The van der Waals surface area contributed by atoms with Gasteiger partial charge < -0.3 is 5.32 Å². The molecule has 0 aliphatic carbocycles. The number of thiophene rings is 1. The largest absolute Gasteiger partial charge is 0.311 e. The van der Waals surface area contributed by atoms with Gasteiger partial charge in [-0.2, -0.15) is 0 Å². The Balaban J connectivity index is 1.93.